The van der Waals surface area contributed by atoms with Crippen molar-refractivity contribution in [2.75, 3.05) is 44.2 Å². The molecule has 1 saturated heterocycles. The second-order valence-electron chi connectivity index (χ2n) is 8.10. The molecule has 1 aromatic rings. The fourth-order valence-electron chi connectivity index (χ4n) is 4.60. The Bertz CT molecular complexity index is 635. The first kappa shape index (κ1) is 20.6. The van der Waals surface area contributed by atoms with Gasteiger partial charge in [0.25, 0.3) is 0 Å². The minimum Gasteiger partial charge on any atom is -0.369 e. The van der Waals surface area contributed by atoms with Crippen molar-refractivity contribution in [1.29, 1.82) is 0 Å². The van der Waals surface area contributed by atoms with Crippen molar-refractivity contribution in [3.8, 4) is 0 Å². The van der Waals surface area contributed by atoms with Crippen LogP contribution in [-0.4, -0.2) is 61.5 Å². The summed E-state index contributed by atoms with van der Waals surface area (Å²) < 4.78 is 0. The van der Waals surface area contributed by atoms with E-state index < -0.39 is 0 Å². The van der Waals surface area contributed by atoms with Crippen LogP contribution in [0, 0.1) is 0 Å². The van der Waals surface area contributed by atoms with Crippen LogP contribution in [0.4, 0.5) is 5.69 Å². The van der Waals surface area contributed by atoms with Crippen LogP contribution in [0.1, 0.15) is 45.4 Å². The maximum atomic E-state index is 12.2. The van der Waals surface area contributed by atoms with Gasteiger partial charge in [-0.2, -0.15) is 0 Å². The minimum atomic E-state index is -0.0900. The van der Waals surface area contributed by atoms with E-state index in [0.717, 1.165) is 45.6 Å². The van der Waals surface area contributed by atoms with Gasteiger partial charge < -0.3 is 15.5 Å². The molecule has 6 heteroatoms. The summed E-state index contributed by atoms with van der Waals surface area (Å²) in [5, 5.41) is 5.85. The van der Waals surface area contributed by atoms with Gasteiger partial charge in [-0.05, 0) is 25.0 Å². The molecular weight excluding hydrogens is 352 g/mol. The number of hydrogen-bond donors (Lipinski definition) is 2. The Kier molecular flexibility index (Phi) is 7.31. The number of para-hydroxylation sites is 1. The summed E-state index contributed by atoms with van der Waals surface area (Å²) in [4.78, 5) is 28.3. The molecule has 3 rings (SSSR count). The SMILES string of the molecule is CC(=O)NCCC(=O)NCC1(N2CCN(c3ccccc3)CC2)CCCCC1. The van der Waals surface area contributed by atoms with Crippen LogP contribution in [-0.2, 0) is 9.59 Å². The van der Waals surface area contributed by atoms with Gasteiger partial charge in [0, 0.05) is 63.8 Å². The Balaban J connectivity index is 1.54. The van der Waals surface area contributed by atoms with Gasteiger partial charge >= 0.3 is 0 Å². The molecule has 1 saturated carbocycles. The van der Waals surface area contributed by atoms with Crippen molar-refractivity contribution in [2.24, 2.45) is 0 Å². The zero-order chi connectivity index (χ0) is 19.8. The maximum Gasteiger partial charge on any atom is 0.221 e. The highest BCUT2D eigenvalue weighted by Crippen LogP contribution is 2.34. The van der Waals surface area contributed by atoms with Crippen LogP contribution in [0.15, 0.2) is 30.3 Å². The average molecular weight is 387 g/mol. The van der Waals surface area contributed by atoms with Crippen LogP contribution in [0.25, 0.3) is 0 Å². The van der Waals surface area contributed by atoms with E-state index in [-0.39, 0.29) is 17.4 Å². The highest BCUT2D eigenvalue weighted by atomic mass is 16.2. The van der Waals surface area contributed by atoms with Gasteiger partial charge in [0.2, 0.25) is 11.8 Å². The standard InChI is InChI=1S/C22H34N4O2/c1-19(27)23-13-10-21(28)24-18-22(11-6-3-7-12-22)26-16-14-25(15-17-26)20-8-4-2-5-9-20/h2,4-5,8-9H,3,6-7,10-18H2,1H3,(H,23,27)(H,24,28). The average Bonchev–Trinajstić information content (AvgIpc) is 2.73. The Morgan fingerprint density at radius 1 is 0.964 bits per heavy atom. The summed E-state index contributed by atoms with van der Waals surface area (Å²) in [5.41, 5.74) is 1.39. The molecule has 6 nitrogen and oxygen atoms in total. The van der Waals surface area contributed by atoms with Gasteiger partial charge in [0.15, 0.2) is 0 Å². The third-order valence-corrected chi connectivity index (χ3v) is 6.20. The first-order chi connectivity index (χ1) is 13.6. The molecule has 0 radical (unpaired) electrons. The van der Waals surface area contributed by atoms with Crippen molar-refractivity contribution in [2.45, 2.75) is 51.0 Å². The molecule has 1 aromatic carbocycles. The number of amides is 2. The van der Waals surface area contributed by atoms with Crippen LogP contribution in [0.5, 0.6) is 0 Å². The number of anilines is 1. The molecule has 1 heterocycles. The van der Waals surface area contributed by atoms with Crippen molar-refractivity contribution in [1.82, 2.24) is 15.5 Å². The number of hydrogen-bond acceptors (Lipinski definition) is 4. The van der Waals surface area contributed by atoms with Crippen LogP contribution < -0.4 is 15.5 Å². The molecule has 0 aromatic heterocycles. The third kappa shape index (κ3) is 5.47. The zero-order valence-corrected chi connectivity index (χ0v) is 17.1. The first-order valence-electron chi connectivity index (χ1n) is 10.7. The largest absolute Gasteiger partial charge is 0.369 e. The summed E-state index contributed by atoms with van der Waals surface area (Å²) in [6.45, 7) is 6.74. The lowest BCUT2D eigenvalue weighted by Gasteiger charge is -2.50. The molecule has 0 spiro atoms. The number of carbonyl (C=O) groups is 2. The van der Waals surface area contributed by atoms with E-state index in [1.54, 1.807) is 0 Å². The van der Waals surface area contributed by atoms with Crippen molar-refractivity contribution >= 4 is 17.5 Å². The van der Waals surface area contributed by atoms with Crippen LogP contribution >= 0.6 is 0 Å². The summed E-state index contributed by atoms with van der Waals surface area (Å²) in [5.74, 6) is -0.0607. The Hall–Kier alpha value is -2.08. The number of benzene rings is 1. The van der Waals surface area contributed by atoms with Gasteiger partial charge in [0.1, 0.15) is 0 Å². The van der Waals surface area contributed by atoms with E-state index in [1.165, 1.54) is 31.9 Å². The molecule has 0 atom stereocenters. The normalized spacial score (nSPS) is 19.8. The second kappa shape index (κ2) is 9.92. The smallest absolute Gasteiger partial charge is 0.221 e. The van der Waals surface area contributed by atoms with E-state index in [2.05, 4.69) is 50.8 Å². The molecule has 154 valence electrons. The Morgan fingerprint density at radius 2 is 1.64 bits per heavy atom. The predicted octanol–water partition coefficient (Wildman–Crippen LogP) is 2.15. The number of rotatable bonds is 7. The lowest BCUT2D eigenvalue weighted by Crippen LogP contribution is -2.62. The molecule has 2 amide bonds. The summed E-state index contributed by atoms with van der Waals surface area (Å²) in [7, 11) is 0. The topological polar surface area (TPSA) is 64.7 Å². The van der Waals surface area contributed by atoms with Crippen LogP contribution in [0.3, 0.4) is 0 Å². The van der Waals surface area contributed by atoms with Crippen molar-refractivity contribution in [3.63, 3.8) is 0 Å². The first-order valence-corrected chi connectivity index (χ1v) is 10.7. The monoisotopic (exact) mass is 386 g/mol. The van der Waals surface area contributed by atoms with E-state index >= 15 is 0 Å². The van der Waals surface area contributed by atoms with Gasteiger partial charge in [0.05, 0.1) is 0 Å². The highest BCUT2D eigenvalue weighted by Gasteiger charge is 2.39. The Labute approximate surface area is 168 Å². The van der Waals surface area contributed by atoms with E-state index in [4.69, 9.17) is 0 Å². The summed E-state index contributed by atoms with van der Waals surface area (Å²) in [6, 6.07) is 10.6. The van der Waals surface area contributed by atoms with Crippen molar-refractivity contribution < 1.29 is 9.59 Å². The second-order valence-corrected chi connectivity index (χ2v) is 8.10. The predicted molar refractivity (Wildman–Crippen MR) is 112 cm³/mol. The van der Waals surface area contributed by atoms with E-state index in [1.807, 2.05) is 0 Å². The molecule has 28 heavy (non-hydrogen) atoms. The van der Waals surface area contributed by atoms with Gasteiger partial charge in [-0.25, -0.2) is 0 Å². The van der Waals surface area contributed by atoms with Gasteiger partial charge in [-0.1, -0.05) is 37.5 Å². The maximum absolute atomic E-state index is 12.2. The summed E-state index contributed by atoms with van der Waals surface area (Å²) in [6.07, 6.45) is 6.43. The van der Waals surface area contributed by atoms with E-state index in [0.29, 0.717) is 13.0 Å². The number of nitrogens with one attached hydrogen (secondary N) is 2. The fourth-order valence-corrected chi connectivity index (χ4v) is 4.60. The molecule has 1 aliphatic carbocycles. The number of piperazine rings is 1. The van der Waals surface area contributed by atoms with Gasteiger partial charge in [-0.3, -0.25) is 14.5 Å². The van der Waals surface area contributed by atoms with E-state index in [9.17, 15) is 9.59 Å². The lowest BCUT2D eigenvalue weighted by molar-refractivity contribution is -0.122. The Morgan fingerprint density at radius 3 is 2.29 bits per heavy atom. The molecule has 2 fully saturated rings. The number of nitrogens with zero attached hydrogens (tertiary/aromatic N) is 2. The molecular formula is C22H34N4O2. The zero-order valence-electron chi connectivity index (χ0n) is 17.1. The highest BCUT2D eigenvalue weighted by molar-refractivity contribution is 5.77. The number of carbonyl (C=O) groups excluding carboxylic acids is 2. The summed E-state index contributed by atoms with van der Waals surface area (Å²) >= 11 is 0. The molecule has 1 aliphatic heterocycles. The fraction of sp³-hybridized carbons (Fsp3) is 0.636. The molecule has 0 unspecified atom stereocenters. The molecule has 0 bridgehead atoms. The lowest BCUT2D eigenvalue weighted by atomic mass is 9.79. The molecule has 2 aliphatic rings. The third-order valence-electron chi connectivity index (χ3n) is 6.20. The molecule has 2 N–H and O–H groups in total. The van der Waals surface area contributed by atoms with Crippen molar-refractivity contribution in [3.05, 3.63) is 30.3 Å². The quantitative estimate of drug-likeness (QED) is 0.754. The van der Waals surface area contributed by atoms with Crippen LogP contribution in [0.2, 0.25) is 0 Å². The minimum absolute atomic E-state index is 0.0293. The van der Waals surface area contributed by atoms with Gasteiger partial charge in [-0.15, -0.1) is 0 Å².